The summed E-state index contributed by atoms with van der Waals surface area (Å²) < 4.78 is 0. The third-order valence-electron chi connectivity index (χ3n) is 5.22. The molecule has 1 aromatic heterocycles. The average molecular weight is 285 g/mol. The van der Waals surface area contributed by atoms with Gasteiger partial charge in [0.25, 0.3) is 0 Å². The summed E-state index contributed by atoms with van der Waals surface area (Å²) in [5.74, 6) is 0.572. The maximum Gasteiger partial charge on any atom is 0.207 e. The molecule has 2 aromatic rings. The first-order valence-electron chi connectivity index (χ1n) is 7.54. The van der Waals surface area contributed by atoms with Crippen LogP contribution in [0.2, 0.25) is 0 Å². The topological polar surface area (TPSA) is 62.2 Å². The van der Waals surface area contributed by atoms with Crippen LogP contribution in [0.1, 0.15) is 23.5 Å². The third kappa shape index (κ3) is 1.95. The number of piperidine rings is 1. The number of hydrogen-bond donors (Lipinski definition) is 1. The lowest BCUT2D eigenvalue weighted by atomic mass is 9.72. The van der Waals surface area contributed by atoms with Crippen LogP contribution in [0, 0.1) is 16.0 Å². The van der Waals surface area contributed by atoms with Crippen molar-refractivity contribution < 1.29 is 4.92 Å². The van der Waals surface area contributed by atoms with Gasteiger partial charge in [-0.3, -0.25) is 10.1 Å². The minimum atomic E-state index is -0.163. The second-order valence-corrected chi connectivity index (χ2v) is 6.52. The van der Waals surface area contributed by atoms with E-state index >= 15 is 0 Å². The molecule has 1 saturated heterocycles. The van der Waals surface area contributed by atoms with Crippen LogP contribution in [0.25, 0.3) is 10.9 Å². The minimum absolute atomic E-state index is 0.0868. The van der Waals surface area contributed by atoms with Crippen molar-refractivity contribution in [1.29, 1.82) is 0 Å². The van der Waals surface area contributed by atoms with Crippen LogP contribution in [0.4, 0.5) is 0 Å². The average Bonchev–Trinajstić information content (AvgIpc) is 2.84. The van der Waals surface area contributed by atoms with Gasteiger partial charge in [-0.2, -0.15) is 0 Å². The van der Waals surface area contributed by atoms with E-state index in [9.17, 15) is 10.1 Å². The van der Waals surface area contributed by atoms with Crippen LogP contribution in [-0.2, 0) is 6.42 Å². The van der Waals surface area contributed by atoms with Crippen LogP contribution in [0.3, 0.4) is 0 Å². The molecule has 0 amide bonds. The Morgan fingerprint density at radius 1 is 1.48 bits per heavy atom. The largest absolute Gasteiger partial charge is 0.361 e. The Hall–Kier alpha value is -1.88. The third-order valence-corrected chi connectivity index (χ3v) is 5.22. The highest BCUT2D eigenvalue weighted by molar-refractivity contribution is 5.88. The fourth-order valence-corrected chi connectivity index (χ4v) is 4.40. The number of likely N-dealkylation sites (N-methyl/N-ethyl adjacent to an activating group) is 1. The summed E-state index contributed by atoms with van der Waals surface area (Å²) in [7, 11) is 2.11. The van der Waals surface area contributed by atoms with Gasteiger partial charge in [-0.25, -0.2) is 0 Å². The predicted molar refractivity (Wildman–Crippen MR) is 81.1 cm³/mol. The number of benzene rings is 1. The predicted octanol–water partition coefficient (Wildman–Crippen LogP) is 2.40. The summed E-state index contributed by atoms with van der Waals surface area (Å²) in [4.78, 5) is 16.4. The molecule has 0 saturated carbocycles. The molecule has 2 unspecified atom stereocenters. The van der Waals surface area contributed by atoms with E-state index in [1.165, 1.54) is 22.0 Å². The molecule has 110 valence electrons. The van der Waals surface area contributed by atoms with Crippen molar-refractivity contribution in [3.8, 4) is 0 Å². The summed E-state index contributed by atoms with van der Waals surface area (Å²) in [6.45, 7) is 0.918. The van der Waals surface area contributed by atoms with Gasteiger partial charge in [-0.1, -0.05) is 12.1 Å². The molecule has 3 atom stereocenters. The summed E-state index contributed by atoms with van der Waals surface area (Å²) in [5, 5.41) is 12.2. The second-order valence-electron chi connectivity index (χ2n) is 6.52. The van der Waals surface area contributed by atoms with E-state index < -0.39 is 0 Å². The zero-order valence-electron chi connectivity index (χ0n) is 12.1. The van der Waals surface area contributed by atoms with Gasteiger partial charge in [0.1, 0.15) is 0 Å². The Kier molecular flexibility index (Phi) is 2.79. The normalized spacial score (nSPS) is 28.5. The van der Waals surface area contributed by atoms with Crippen molar-refractivity contribution in [2.45, 2.75) is 24.8 Å². The van der Waals surface area contributed by atoms with Crippen LogP contribution in [0.5, 0.6) is 0 Å². The van der Waals surface area contributed by atoms with Gasteiger partial charge in [0.15, 0.2) is 0 Å². The highest BCUT2D eigenvalue weighted by Crippen LogP contribution is 2.44. The van der Waals surface area contributed by atoms with Crippen LogP contribution in [-0.4, -0.2) is 41.0 Å². The van der Waals surface area contributed by atoms with Crippen molar-refractivity contribution in [1.82, 2.24) is 9.88 Å². The smallest absolute Gasteiger partial charge is 0.207 e. The number of nitro groups is 1. The fraction of sp³-hybridized carbons (Fsp3) is 0.500. The Balaban J connectivity index is 1.76. The number of rotatable bonds is 2. The molecule has 1 aliphatic heterocycles. The summed E-state index contributed by atoms with van der Waals surface area (Å²) >= 11 is 0. The Morgan fingerprint density at radius 2 is 2.33 bits per heavy atom. The Labute approximate surface area is 123 Å². The Morgan fingerprint density at radius 3 is 3.14 bits per heavy atom. The van der Waals surface area contributed by atoms with Gasteiger partial charge in [0.2, 0.25) is 6.54 Å². The van der Waals surface area contributed by atoms with Gasteiger partial charge in [-0.05, 0) is 37.1 Å². The van der Waals surface area contributed by atoms with Crippen LogP contribution in [0.15, 0.2) is 24.4 Å². The van der Waals surface area contributed by atoms with E-state index in [4.69, 9.17) is 0 Å². The first kappa shape index (κ1) is 12.8. The van der Waals surface area contributed by atoms with Crippen molar-refractivity contribution in [3.05, 3.63) is 45.6 Å². The molecule has 1 aromatic carbocycles. The molecule has 0 spiro atoms. The standard InChI is InChI=1S/C16H19N3O2/c1-18-8-10(9-19(20)21)5-13-12-3-2-4-14-16(12)11(7-17-14)6-15(13)18/h2-4,7,10,13,15,17H,5-6,8-9H2,1H3/t10?,13?,15-/m1/s1. The molecule has 1 aliphatic carbocycles. The number of fused-ring (bicyclic) bond motifs is 2. The molecule has 2 aliphatic rings. The number of nitrogens with zero attached hydrogens (tertiary/aromatic N) is 2. The highest BCUT2D eigenvalue weighted by atomic mass is 16.6. The van der Waals surface area contributed by atoms with Crippen LogP contribution < -0.4 is 0 Å². The second kappa shape index (κ2) is 4.56. The van der Waals surface area contributed by atoms with E-state index in [1.54, 1.807) is 0 Å². The van der Waals surface area contributed by atoms with Crippen molar-refractivity contribution in [3.63, 3.8) is 0 Å². The summed E-state index contributed by atoms with van der Waals surface area (Å²) in [6.07, 6.45) is 4.10. The molecule has 5 heteroatoms. The molecule has 1 N–H and O–H groups in total. The SMILES string of the molecule is CN1CC(C[N+](=O)[O-])CC2c3cccc4[nH]cc(c34)C[C@H]21. The van der Waals surface area contributed by atoms with Crippen molar-refractivity contribution in [2.75, 3.05) is 20.1 Å². The van der Waals surface area contributed by atoms with E-state index in [0.717, 1.165) is 19.4 Å². The van der Waals surface area contributed by atoms with Gasteiger partial charge >= 0.3 is 0 Å². The molecule has 5 nitrogen and oxygen atoms in total. The van der Waals surface area contributed by atoms with E-state index in [1.807, 2.05) is 0 Å². The molecule has 4 rings (SSSR count). The molecule has 0 radical (unpaired) electrons. The molecule has 0 bridgehead atoms. The van der Waals surface area contributed by atoms with E-state index in [2.05, 4.69) is 41.3 Å². The lowest BCUT2D eigenvalue weighted by molar-refractivity contribution is -0.489. The summed E-state index contributed by atoms with van der Waals surface area (Å²) in [6, 6.07) is 6.89. The lowest BCUT2D eigenvalue weighted by Gasteiger charge is -2.44. The maximum atomic E-state index is 10.9. The quantitative estimate of drug-likeness (QED) is 0.681. The highest BCUT2D eigenvalue weighted by Gasteiger charge is 2.40. The van der Waals surface area contributed by atoms with Gasteiger partial charge < -0.3 is 9.88 Å². The van der Waals surface area contributed by atoms with Crippen molar-refractivity contribution in [2.24, 2.45) is 5.92 Å². The molecule has 1 fully saturated rings. The minimum Gasteiger partial charge on any atom is -0.361 e. The fourth-order valence-electron chi connectivity index (χ4n) is 4.40. The molecular weight excluding hydrogens is 266 g/mol. The summed E-state index contributed by atoms with van der Waals surface area (Å²) in [5.41, 5.74) is 3.96. The number of likely N-dealkylation sites (tertiary alicyclic amines) is 1. The molecule has 21 heavy (non-hydrogen) atoms. The molecule has 2 heterocycles. The number of H-pyrrole nitrogens is 1. The monoisotopic (exact) mass is 285 g/mol. The van der Waals surface area contributed by atoms with Gasteiger partial charge in [-0.15, -0.1) is 0 Å². The van der Waals surface area contributed by atoms with E-state index in [-0.39, 0.29) is 17.4 Å². The van der Waals surface area contributed by atoms with Crippen molar-refractivity contribution >= 4 is 10.9 Å². The Bertz CT molecular complexity index is 709. The first-order chi connectivity index (χ1) is 10.1. The van der Waals surface area contributed by atoms with Gasteiger partial charge in [0, 0.05) is 46.4 Å². The van der Waals surface area contributed by atoms with Crippen LogP contribution >= 0.6 is 0 Å². The first-order valence-corrected chi connectivity index (χ1v) is 7.54. The maximum absolute atomic E-state index is 10.9. The number of hydrogen-bond acceptors (Lipinski definition) is 3. The lowest BCUT2D eigenvalue weighted by Crippen LogP contribution is -2.49. The number of aromatic amines is 1. The van der Waals surface area contributed by atoms with E-state index in [0.29, 0.717) is 12.0 Å². The number of aromatic nitrogens is 1. The van der Waals surface area contributed by atoms with Gasteiger partial charge in [0.05, 0.1) is 0 Å². The number of nitrogens with one attached hydrogen (secondary N) is 1. The zero-order valence-corrected chi connectivity index (χ0v) is 12.1. The molecular formula is C16H19N3O2. The zero-order chi connectivity index (χ0) is 14.6.